The number of hydrogen-bond donors (Lipinski definition) is 1. The molecule has 3 heteroatoms. The van der Waals surface area contributed by atoms with Crippen LogP contribution in [0.25, 0.3) is 10.9 Å². The molecule has 80 valence electrons. The van der Waals surface area contributed by atoms with Crippen LogP contribution >= 0.6 is 0 Å². The molecule has 1 aromatic heterocycles. The van der Waals surface area contributed by atoms with Crippen molar-refractivity contribution in [2.75, 3.05) is 12.3 Å². The third-order valence-corrected chi connectivity index (χ3v) is 2.53. The smallest absolute Gasteiger partial charge is 0.121 e. The van der Waals surface area contributed by atoms with Crippen LogP contribution in [0, 0.1) is 0 Å². The summed E-state index contributed by atoms with van der Waals surface area (Å²) in [7, 11) is 0. The molecule has 1 heterocycles. The van der Waals surface area contributed by atoms with Crippen molar-refractivity contribution < 1.29 is 4.74 Å². The van der Waals surface area contributed by atoms with Crippen molar-refractivity contribution in [3.05, 3.63) is 24.3 Å². The lowest BCUT2D eigenvalue weighted by molar-refractivity contribution is 0.340. The van der Waals surface area contributed by atoms with E-state index in [4.69, 9.17) is 10.5 Å². The van der Waals surface area contributed by atoms with E-state index in [2.05, 4.69) is 11.5 Å². The lowest BCUT2D eigenvalue weighted by atomic mass is 10.2. The largest absolute Gasteiger partial charge is 0.494 e. The fourth-order valence-corrected chi connectivity index (χ4v) is 1.86. The summed E-state index contributed by atoms with van der Waals surface area (Å²) in [5.41, 5.74) is 7.05. The first-order chi connectivity index (χ1) is 7.26. The predicted molar refractivity (Wildman–Crippen MR) is 63.2 cm³/mol. The minimum atomic E-state index is 0.688. The Bertz CT molecular complexity index is 474. The van der Waals surface area contributed by atoms with E-state index in [0.717, 1.165) is 29.0 Å². The van der Waals surface area contributed by atoms with E-state index in [0.29, 0.717) is 6.61 Å². The first kappa shape index (κ1) is 9.90. The van der Waals surface area contributed by atoms with Crippen LogP contribution in [0.4, 0.5) is 5.82 Å². The van der Waals surface area contributed by atoms with E-state index < -0.39 is 0 Å². The Kier molecular flexibility index (Phi) is 2.54. The number of anilines is 1. The molecule has 3 nitrogen and oxygen atoms in total. The summed E-state index contributed by atoms with van der Waals surface area (Å²) < 4.78 is 7.55. The lowest BCUT2D eigenvalue weighted by Crippen LogP contribution is -1.99. The second kappa shape index (κ2) is 3.85. The van der Waals surface area contributed by atoms with Gasteiger partial charge in [-0.15, -0.1) is 0 Å². The molecule has 0 atom stereocenters. The molecule has 0 bridgehead atoms. The van der Waals surface area contributed by atoms with Crippen molar-refractivity contribution in [1.29, 1.82) is 0 Å². The van der Waals surface area contributed by atoms with Crippen molar-refractivity contribution in [3.8, 4) is 5.75 Å². The van der Waals surface area contributed by atoms with Gasteiger partial charge in [-0.1, -0.05) is 0 Å². The number of aryl methyl sites for hydroxylation is 1. The Morgan fingerprint density at radius 3 is 2.73 bits per heavy atom. The van der Waals surface area contributed by atoms with E-state index in [1.165, 1.54) is 0 Å². The molecule has 0 aliphatic heterocycles. The van der Waals surface area contributed by atoms with E-state index >= 15 is 0 Å². The van der Waals surface area contributed by atoms with Gasteiger partial charge in [-0.3, -0.25) is 0 Å². The average molecular weight is 204 g/mol. The number of aromatic nitrogens is 1. The molecular weight excluding hydrogens is 188 g/mol. The van der Waals surface area contributed by atoms with Crippen LogP contribution in [-0.2, 0) is 6.54 Å². The molecule has 0 radical (unpaired) electrons. The fraction of sp³-hybridized carbons (Fsp3) is 0.333. The van der Waals surface area contributed by atoms with Crippen LogP contribution in [0.5, 0.6) is 5.75 Å². The number of fused-ring (bicyclic) bond motifs is 1. The third-order valence-electron chi connectivity index (χ3n) is 2.53. The molecule has 0 amide bonds. The Morgan fingerprint density at radius 2 is 2.07 bits per heavy atom. The SMILES string of the molecule is CCOc1ccc2cc(N)n(CC)c2c1. The molecule has 0 saturated carbocycles. The number of rotatable bonds is 3. The van der Waals surface area contributed by atoms with Gasteiger partial charge in [0.2, 0.25) is 0 Å². The Morgan fingerprint density at radius 1 is 1.27 bits per heavy atom. The minimum absolute atomic E-state index is 0.688. The highest BCUT2D eigenvalue weighted by Crippen LogP contribution is 2.25. The van der Waals surface area contributed by atoms with Crippen LogP contribution in [0.15, 0.2) is 24.3 Å². The molecule has 15 heavy (non-hydrogen) atoms. The monoisotopic (exact) mass is 204 g/mol. The molecule has 2 aromatic rings. The fourth-order valence-electron chi connectivity index (χ4n) is 1.86. The third kappa shape index (κ3) is 1.65. The maximum Gasteiger partial charge on any atom is 0.121 e. The van der Waals surface area contributed by atoms with Gasteiger partial charge in [0, 0.05) is 18.0 Å². The van der Waals surface area contributed by atoms with Gasteiger partial charge >= 0.3 is 0 Å². The maximum absolute atomic E-state index is 5.91. The molecule has 2 N–H and O–H groups in total. The standard InChI is InChI=1S/C12H16N2O/c1-3-14-11-8-10(15-4-2)6-5-9(11)7-12(14)13/h5-8H,3-4,13H2,1-2H3. The van der Waals surface area contributed by atoms with Crippen molar-refractivity contribution in [2.24, 2.45) is 0 Å². The van der Waals surface area contributed by atoms with Gasteiger partial charge < -0.3 is 15.0 Å². The molecule has 0 aliphatic rings. The van der Waals surface area contributed by atoms with Gasteiger partial charge in [-0.2, -0.15) is 0 Å². The van der Waals surface area contributed by atoms with Gasteiger partial charge in [0.1, 0.15) is 11.6 Å². The minimum Gasteiger partial charge on any atom is -0.494 e. The normalized spacial score (nSPS) is 10.8. The molecule has 0 unspecified atom stereocenters. The van der Waals surface area contributed by atoms with Crippen LogP contribution in [0.3, 0.4) is 0 Å². The summed E-state index contributed by atoms with van der Waals surface area (Å²) >= 11 is 0. The summed E-state index contributed by atoms with van der Waals surface area (Å²) in [6.45, 7) is 5.64. The van der Waals surface area contributed by atoms with E-state index in [-0.39, 0.29) is 0 Å². The van der Waals surface area contributed by atoms with E-state index in [1.54, 1.807) is 0 Å². The zero-order valence-corrected chi connectivity index (χ0v) is 9.16. The van der Waals surface area contributed by atoms with Crippen LogP contribution in [-0.4, -0.2) is 11.2 Å². The Balaban J connectivity index is 2.57. The second-order valence-corrected chi connectivity index (χ2v) is 3.47. The van der Waals surface area contributed by atoms with E-state index in [9.17, 15) is 0 Å². The number of benzene rings is 1. The molecule has 0 fully saturated rings. The summed E-state index contributed by atoms with van der Waals surface area (Å²) in [5.74, 6) is 1.71. The number of nitrogens with two attached hydrogens (primary N) is 1. The van der Waals surface area contributed by atoms with Gasteiger partial charge in [-0.05, 0) is 32.0 Å². The zero-order valence-electron chi connectivity index (χ0n) is 9.16. The molecule has 2 rings (SSSR count). The average Bonchev–Trinajstić information content (AvgIpc) is 2.53. The number of nitrogen functional groups attached to an aromatic ring is 1. The maximum atomic E-state index is 5.91. The summed E-state index contributed by atoms with van der Waals surface area (Å²) in [6, 6.07) is 8.06. The Labute approximate surface area is 89.4 Å². The lowest BCUT2D eigenvalue weighted by Gasteiger charge is -2.06. The zero-order chi connectivity index (χ0) is 10.8. The molecular formula is C12H16N2O. The Hall–Kier alpha value is -1.64. The summed E-state index contributed by atoms with van der Waals surface area (Å²) in [5, 5.41) is 1.16. The summed E-state index contributed by atoms with van der Waals surface area (Å²) in [6.07, 6.45) is 0. The quantitative estimate of drug-likeness (QED) is 0.834. The molecule has 0 spiro atoms. The van der Waals surface area contributed by atoms with Crippen LogP contribution < -0.4 is 10.5 Å². The highest BCUT2D eigenvalue weighted by molar-refractivity contribution is 5.85. The second-order valence-electron chi connectivity index (χ2n) is 3.47. The molecule has 0 aliphatic carbocycles. The highest BCUT2D eigenvalue weighted by Gasteiger charge is 2.05. The van der Waals surface area contributed by atoms with Crippen LogP contribution in [0.2, 0.25) is 0 Å². The number of nitrogens with zero attached hydrogens (tertiary/aromatic N) is 1. The van der Waals surface area contributed by atoms with Crippen molar-refractivity contribution in [2.45, 2.75) is 20.4 Å². The first-order valence-electron chi connectivity index (χ1n) is 5.27. The van der Waals surface area contributed by atoms with Crippen molar-refractivity contribution in [3.63, 3.8) is 0 Å². The van der Waals surface area contributed by atoms with Gasteiger partial charge in [0.05, 0.1) is 12.1 Å². The summed E-state index contributed by atoms with van der Waals surface area (Å²) in [4.78, 5) is 0. The van der Waals surface area contributed by atoms with Crippen LogP contribution in [0.1, 0.15) is 13.8 Å². The van der Waals surface area contributed by atoms with Crippen molar-refractivity contribution in [1.82, 2.24) is 4.57 Å². The van der Waals surface area contributed by atoms with Gasteiger partial charge in [-0.25, -0.2) is 0 Å². The van der Waals surface area contributed by atoms with E-state index in [1.807, 2.05) is 31.2 Å². The van der Waals surface area contributed by atoms with Crippen molar-refractivity contribution >= 4 is 16.7 Å². The molecule has 1 aromatic carbocycles. The van der Waals surface area contributed by atoms with Gasteiger partial charge in [0.15, 0.2) is 0 Å². The highest BCUT2D eigenvalue weighted by atomic mass is 16.5. The number of hydrogen-bond acceptors (Lipinski definition) is 2. The predicted octanol–water partition coefficient (Wildman–Crippen LogP) is 2.64. The number of ether oxygens (including phenoxy) is 1. The first-order valence-corrected chi connectivity index (χ1v) is 5.27. The molecule has 0 saturated heterocycles. The van der Waals surface area contributed by atoms with Gasteiger partial charge in [0.25, 0.3) is 0 Å². The topological polar surface area (TPSA) is 40.2 Å².